The molecule has 1 heterocycles. The molecule has 0 bridgehead atoms. The zero-order chi connectivity index (χ0) is 8.32. The van der Waals surface area contributed by atoms with E-state index in [0.29, 0.717) is 6.10 Å². The first-order valence-electron chi connectivity index (χ1n) is 4.38. The van der Waals surface area contributed by atoms with Gasteiger partial charge in [0.05, 0.1) is 11.7 Å². The Hall–Kier alpha value is -0.0800. The van der Waals surface area contributed by atoms with Crippen molar-refractivity contribution >= 4 is 0 Å². The fraction of sp³-hybridized carbons (Fsp3) is 1.00. The van der Waals surface area contributed by atoms with Crippen LogP contribution in [-0.4, -0.2) is 24.9 Å². The van der Waals surface area contributed by atoms with E-state index >= 15 is 0 Å². The van der Waals surface area contributed by atoms with E-state index in [0.717, 1.165) is 26.1 Å². The van der Waals surface area contributed by atoms with E-state index < -0.39 is 0 Å². The third-order valence-electron chi connectivity index (χ3n) is 2.07. The molecule has 1 fully saturated rings. The van der Waals surface area contributed by atoms with Crippen LogP contribution in [0.3, 0.4) is 0 Å². The zero-order valence-electron chi connectivity index (χ0n) is 7.72. The normalized spacial score (nSPS) is 24.0. The molecule has 0 aromatic heterocycles. The molecule has 1 aliphatic heterocycles. The molecule has 0 atom stereocenters. The highest BCUT2D eigenvalue weighted by Crippen LogP contribution is 2.25. The van der Waals surface area contributed by atoms with Gasteiger partial charge in [-0.25, -0.2) is 0 Å². The van der Waals surface area contributed by atoms with E-state index in [1.165, 1.54) is 0 Å². The minimum atomic E-state index is 0.0758. The standard InChI is InChI=1S/C9H18O2/c1-8(2)11-9(3)4-6-10-7-5-9/h8H,4-7H2,1-3H3. The molecule has 2 nitrogen and oxygen atoms in total. The molecule has 0 saturated carbocycles. The van der Waals surface area contributed by atoms with Gasteiger partial charge in [-0.2, -0.15) is 0 Å². The third-order valence-corrected chi connectivity index (χ3v) is 2.07. The summed E-state index contributed by atoms with van der Waals surface area (Å²) >= 11 is 0. The second-order valence-electron chi connectivity index (χ2n) is 3.73. The SMILES string of the molecule is CC(C)OC1(C)CCOCC1. The summed E-state index contributed by atoms with van der Waals surface area (Å²) in [4.78, 5) is 0. The van der Waals surface area contributed by atoms with Crippen LogP contribution in [-0.2, 0) is 9.47 Å². The van der Waals surface area contributed by atoms with E-state index in [2.05, 4.69) is 20.8 Å². The van der Waals surface area contributed by atoms with Crippen LogP contribution in [0.4, 0.5) is 0 Å². The molecular formula is C9H18O2. The Balaban J connectivity index is 2.37. The molecule has 0 radical (unpaired) electrons. The Morgan fingerprint density at radius 1 is 1.27 bits per heavy atom. The molecule has 0 aromatic rings. The molecular weight excluding hydrogens is 140 g/mol. The van der Waals surface area contributed by atoms with Crippen LogP contribution in [0.15, 0.2) is 0 Å². The molecule has 0 unspecified atom stereocenters. The fourth-order valence-electron chi connectivity index (χ4n) is 1.49. The molecule has 11 heavy (non-hydrogen) atoms. The molecule has 0 aromatic carbocycles. The van der Waals surface area contributed by atoms with E-state index in [1.54, 1.807) is 0 Å². The Labute approximate surface area is 68.9 Å². The van der Waals surface area contributed by atoms with Crippen molar-refractivity contribution in [2.75, 3.05) is 13.2 Å². The Morgan fingerprint density at radius 3 is 2.27 bits per heavy atom. The lowest BCUT2D eigenvalue weighted by molar-refractivity contribution is -0.122. The molecule has 0 aliphatic carbocycles. The van der Waals surface area contributed by atoms with Gasteiger partial charge in [-0.3, -0.25) is 0 Å². The number of ether oxygens (including phenoxy) is 2. The smallest absolute Gasteiger partial charge is 0.0701 e. The highest BCUT2D eigenvalue weighted by Gasteiger charge is 2.28. The molecule has 0 spiro atoms. The predicted molar refractivity (Wildman–Crippen MR) is 44.7 cm³/mol. The lowest BCUT2D eigenvalue weighted by atomic mass is 9.96. The first kappa shape index (κ1) is 9.01. The molecule has 2 heteroatoms. The van der Waals surface area contributed by atoms with Crippen LogP contribution in [0.1, 0.15) is 33.6 Å². The maximum atomic E-state index is 5.80. The topological polar surface area (TPSA) is 18.5 Å². The van der Waals surface area contributed by atoms with Crippen molar-refractivity contribution in [3.8, 4) is 0 Å². The number of hydrogen-bond acceptors (Lipinski definition) is 2. The minimum Gasteiger partial charge on any atom is -0.381 e. The van der Waals surface area contributed by atoms with Crippen LogP contribution in [0, 0.1) is 0 Å². The van der Waals surface area contributed by atoms with Gasteiger partial charge < -0.3 is 9.47 Å². The molecule has 0 N–H and O–H groups in total. The largest absolute Gasteiger partial charge is 0.381 e. The van der Waals surface area contributed by atoms with Crippen molar-refractivity contribution in [2.45, 2.75) is 45.3 Å². The van der Waals surface area contributed by atoms with Gasteiger partial charge in [0.2, 0.25) is 0 Å². The van der Waals surface area contributed by atoms with E-state index in [-0.39, 0.29) is 5.60 Å². The van der Waals surface area contributed by atoms with Crippen LogP contribution in [0.5, 0.6) is 0 Å². The Bertz CT molecular complexity index is 115. The third kappa shape index (κ3) is 2.80. The molecule has 1 rings (SSSR count). The summed E-state index contributed by atoms with van der Waals surface area (Å²) in [5.74, 6) is 0. The van der Waals surface area contributed by atoms with Gasteiger partial charge in [0.1, 0.15) is 0 Å². The van der Waals surface area contributed by atoms with Gasteiger partial charge in [0, 0.05) is 13.2 Å². The van der Waals surface area contributed by atoms with Gasteiger partial charge in [-0.15, -0.1) is 0 Å². The maximum Gasteiger partial charge on any atom is 0.0701 e. The Kier molecular flexibility index (Phi) is 2.90. The second-order valence-corrected chi connectivity index (χ2v) is 3.73. The van der Waals surface area contributed by atoms with Crippen LogP contribution in [0.2, 0.25) is 0 Å². The average molecular weight is 158 g/mol. The van der Waals surface area contributed by atoms with Gasteiger partial charge in [-0.1, -0.05) is 0 Å². The molecule has 66 valence electrons. The van der Waals surface area contributed by atoms with Crippen molar-refractivity contribution < 1.29 is 9.47 Å². The first-order valence-corrected chi connectivity index (χ1v) is 4.38. The van der Waals surface area contributed by atoms with Crippen molar-refractivity contribution in [1.29, 1.82) is 0 Å². The lowest BCUT2D eigenvalue weighted by Gasteiger charge is -2.35. The van der Waals surface area contributed by atoms with Crippen LogP contribution in [0.25, 0.3) is 0 Å². The summed E-state index contributed by atoms with van der Waals surface area (Å²) in [5.41, 5.74) is 0.0758. The summed E-state index contributed by atoms with van der Waals surface area (Å²) in [6.07, 6.45) is 2.40. The minimum absolute atomic E-state index is 0.0758. The lowest BCUT2D eigenvalue weighted by Crippen LogP contribution is -2.37. The van der Waals surface area contributed by atoms with Crippen molar-refractivity contribution in [2.24, 2.45) is 0 Å². The van der Waals surface area contributed by atoms with Crippen LogP contribution < -0.4 is 0 Å². The van der Waals surface area contributed by atoms with Gasteiger partial charge in [-0.05, 0) is 33.6 Å². The Morgan fingerprint density at radius 2 is 1.82 bits per heavy atom. The van der Waals surface area contributed by atoms with Crippen molar-refractivity contribution in [3.05, 3.63) is 0 Å². The summed E-state index contributed by atoms with van der Waals surface area (Å²) in [6.45, 7) is 8.05. The van der Waals surface area contributed by atoms with E-state index in [4.69, 9.17) is 9.47 Å². The number of rotatable bonds is 2. The number of hydrogen-bond donors (Lipinski definition) is 0. The van der Waals surface area contributed by atoms with Crippen molar-refractivity contribution in [3.63, 3.8) is 0 Å². The van der Waals surface area contributed by atoms with E-state index in [1.807, 2.05) is 0 Å². The zero-order valence-corrected chi connectivity index (χ0v) is 7.72. The quantitative estimate of drug-likeness (QED) is 0.611. The van der Waals surface area contributed by atoms with Crippen molar-refractivity contribution in [1.82, 2.24) is 0 Å². The summed E-state index contributed by atoms with van der Waals surface area (Å²) in [7, 11) is 0. The molecule has 1 saturated heterocycles. The van der Waals surface area contributed by atoms with Gasteiger partial charge >= 0.3 is 0 Å². The summed E-state index contributed by atoms with van der Waals surface area (Å²) in [6, 6.07) is 0. The predicted octanol–water partition coefficient (Wildman–Crippen LogP) is 1.98. The van der Waals surface area contributed by atoms with E-state index in [9.17, 15) is 0 Å². The summed E-state index contributed by atoms with van der Waals surface area (Å²) in [5, 5.41) is 0. The van der Waals surface area contributed by atoms with Crippen LogP contribution >= 0.6 is 0 Å². The maximum absolute atomic E-state index is 5.80. The highest BCUT2D eigenvalue weighted by atomic mass is 16.5. The highest BCUT2D eigenvalue weighted by molar-refractivity contribution is 4.78. The average Bonchev–Trinajstić information content (AvgIpc) is 1.85. The summed E-state index contributed by atoms with van der Waals surface area (Å²) < 4.78 is 11.1. The fourth-order valence-corrected chi connectivity index (χ4v) is 1.49. The van der Waals surface area contributed by atoms with Gasteiger partial charge in [0.25, 0.3) is 0 Å². The molecule has 0 amide bonds. The van der Waals surface area contributed by atoms with Gasteiger partial charge in [0.15, 0.2) is 0 Å². The second kappa shape index (κ2) is 3.55. The monoisotopic (exact) mass is 158 g/mol. The first-order chi connectivity index (χ1) is 5.12. The molecule has 1 aliphatic rings.